The highest BCUT2D eigenvalue weighted by Crippen LogP contribution is 2.30. The van der Waals surface area contributed by atoms with Crippen molar-refractivity contribution in [3.05, 3.63) is 73.3 Å². The van der Waals surface area contributed by atoms with Crippen LogP contribution in [0.4, 0.5) is 0 Å². The van der Waals surface area contributed by atoms with Gasteiger partial charge in [0.25, 0.3) is 0 Å². The number of benzene rings is 2. The second kappa shape index (κ2) is 8.21. The molecule has 0 fully saturated rings. The van der Waals surface area contributed by atoms with Crippen molar-refractivity contribution >= 4 is 32.9 Å². The average molecular weight is 399 g/mol. The molecule has 0 N–H and O–H groups in total. The molecule has 2 aromatic carbocycles. The minimum absolute atomic E-state index is 0.362. The van der Waals surface area contributed by atoms with Gasteiger partial charge >= 0.3 is 0 Å². The normalized spacial score (nSPS) is 14.1. The van der Waals surface area contributed by atoms with Crippen molar-refractivity contribution < 1.29 is 4.43 Å². The van der Waals surface area contributed by atoms with Gasteiger partial charge in [-0.1, -0.05) is 106 Å². The summed E-state index contributed by atoms with van der Waals surface area (Å²) in [6, 6.07) is 22.2. The van der Waals surface area contributed by atoms with Crippen LogP contribution in [-0.2, 0) is 4.43 Å². The zero-order valence-electron chi connectivity index (χ0n) is 17.3. The lowest BCUT2D eigenvalue weighted by Gasteiger charge is -2.50. The Kier molecular flexibility index (Phi) is 6.66. The van der Waals surface area contributed by atoms with E-state index in [-0.39, 0.29) is 0 Å². The molecule has 1 atom stereocenters. The Labute approximate surface area is 162 Å². The van der Waals surface area contributed by atoms with Crippen LogP contribution < -0.4 is 10.4 Å². The summed E-state index contributed by atoms with van der Waals surface area (Å²) in [5, 5.41) is 2.86. The second-order valence-electron chi connectivity index (χ2n) is 8.81. The van der Waals surface area contributed by atoms with Gasteiger partial charge in [-0.2, -0.15) is 0 Å². The Morgan fingerprint density at radius 1 is 0.846 bits per heavy atom. The molecule has 140 valence electrons. The zero-order chi connectivity index (χ0) is 19.4. The second-order valence-corrected chi connectivity index (χ2v) is 35.0. The van der Waals surface area contributed by atoms with E-state index >= 15 is 0 Å². The van der Waals surface area contributed by atoms with Gasteiger partial charge < -0.3 is 4.43 Å². The predicted molar refractivity (Wildman–Crippen MR) is 124 cm³/mol. The highest BCUT2D eigenvalue weighted by atomic mass is 29.6. The predicted octanol–water partition coefficient (Wildman–Crippen LogP) is 4.79. The molecule has 0 aromatic heterocycles. The van der Waals surface area contributed by atoms with E-state index < -0.39 is 22.5 Å². The van der Waals surface area contributed by atoms with E-state index in [1.165, 1.54) is 10.4 Å². The molecule has 4 heteroatoms. The van der Waals surface area contributed by atoms with E-state index in [2.05, 4.69) is 107 Å². The molecule has 0 aliphatic heterocycles. The first-order valence-corrected chi connectivity index (χ1v) is 19.9. The molecule has 0 heterocycles. The molecule has 2 aromatic rings. The highest BCUT2D eigenvalue weighted by molar-refractivity contribution is 7.72. The van der Waals surface area contributed by atoms with Crippen molar-refractivity contribution in [1.82, 2.24) is 0 Å². The van der Waals surface area contributed by atoms with Gasteiger partial charge in [-0.3, -0.25) is 0 Å². The van der Waals surface area contributed by atoms with E-state index in [1.807, 2.05) is 6.08 Å². The summed E-state index contributed by atoms with van der Waals surface area (Å²) in [5.41, 5.74) is 0. The summed E-state index contributed by atoms with van der Waals surface area (Å²) in [6.45, 7) is 19.7. The summed E-state index contributed by atoms with van der Waals surface area (Å²) in [6.07, 6.45) is 2.01. The minimum atomic E-state index is -2.34. The largest absolute Gasteiger partial charge is 0.410 e. The monoisotopic (exact) mass is 398 g/mol. The van der Waals surface area contributed by atoms with E-state index in [0.29, 0.717) is 5.92 Å². The molecule has 1 unspecified atom stereocenters. The topological polar surface area (TPSA) is 9.23 Å². The Morgan fingerprint density at radius 3 is 1.62 bits per heavy atom. The summed E-state index contributed by atoms with van der Waals surface area (Å²) >= 11 is 0. The quantitative estimate of drug-likeness (QED) is 0.459. The SMILES string of the molecule is C=CC(C)CO[Si](c1ccccc1)(c1ccccc1)[Si](C)(C)[Si](C)(C)C. The maximum Gasteiger partial charge on any atom is 0.237 e. The van der Waals surface area contributed by atoms with Crippen LogP contribution in [-0.4, -0.2) is 29.1 Å². The summed E-state index contributed by atoms with van der Waals surface area (Å²) in [5.74, 6) is 0.362. The van der Waals surface area contributed by atoms with E-state index in [0.717, 1.165) is 6.61 Å². The van der Waals surface area contributed by atoms with E-state index in [4.69, 9.17) is 4.43 Å². The van der Waals surface area contributed by atoms with Gasteiger partial charge in [0, 0.05) is 14.2 Å². The first-order valence-electron chi connectivity index (χ1n) is 9.54. The third kappa shape index (κ3) is 3.88. The fourth-order valence-electron chi connectivity index (χ4n) is 3.43. The Bertz CT molecular complexity index is 666. The van der Waals surface area contributed by atoms with E-state index in [1.54, 1.807) is 0 Å². The lowest BCUT2D eigenvalue weighted by atomic mass is 10.2. The fourth-order valence-corrected chi connectivity index (χ4v) is 31.4. The lowest BCUT2D eigenvalue weighted by molar-refractivity contribution is 0.291. The first-order chi connectivity index (χ1) is 12.2. The third-order valence-electron chi connectivity index (χ3n) is 6.08. The summed E-state index contributed by atoms with van der Waals surface area (Å²) in [4.78, 5) is 0. The van der Waals surface area contributed by atoms with Crippen LogP contribution in [0.5, 0.6) is 0 Å². The third-order valence-corrected chi connectivity index (χ3v) is 43.1. The maximum absolute atomic E-state index is 7.11. The molecule has 0 bridgehead atoms. The molecular weight excluding hydrogens is 364 g/mol. The minimum Gasteiger partial charge on any atom is -0.410 e. The molecule has 0 aliphatic rings. The summed E-state index contributed by atoms with van der Waals surface area (Å²) < 4.78 is 7.11. The van der Waals surface area contributed by atoms with Crippen LogP contribution in [0.3, 0.4) is 0 Å². The lowest BCUT2D eigenvalue weighted by Crippen LogP contribution is -2.83. The van der Waals surface area contributed by atoms with Crippen LogP contribution in [0.15, 0.2) is 73.3 Å². The van der Waals surface area contributed by atoms with Crippen LogP contribution in [0.2, 0.25) is 32.7 Å². The van der Waals surface area contributed by atoms with Gasteiger partial charge in [-0.25, -0.2) is 0 Å². The molecule has 2 rings (SSSR count). The van der Waals surface area contributed by atoms with Crippen LogP contribution in [0, 0.1) is 5.92 Å². The van der Waals surface area contributed by atoms with Crippen LogP contribution in [0.1, 0.15) is 6.92 Å². The smallest absolute Gasteiger partial charge is 0.237 e. The van der Waals surface area contributed by atoms with Gasteiger partial charge in [0.2, 0.25) is 7.83 Å². The van der Waals surface area contributed by atoms with Crippen LogP contribution >= 0.6 is 0 Å². The maximum atomic E-state index is 7.11. The number of hydrogen-bond acceptors (Lipinski definition) is 1. The fraction of sp³-hybridized carbons (Fsp3) is 0.364. The Hall–Kier alpha value is -1.21. The van der Waals surface area contributed by atoms with Crippen molar-refractivity contribution in [3.63, 3.8) is 0 Å². The Morgan fingerprint density at radius 2 is 1.27 bits per heavy atom. The Balaban J connectivity index is 2.77. The summed E-state index contributed by atoms with van der Waals surface area (Å²) in [7, 11) is -5.48. The molecule has 0 saturated carbocycles. The standard InChI is InChI=1S/C22H34OSi3/c1-8-20(2)19-23-26(21-15-11-9-12-16-21,22-17-13-10-14-18-22)25(6,7)24(3,4)5/h8-18,20H,1,19H2,2-7H3. The zero-order valence-corrected chi connectivity index (χ0v) is 20.3. The molecule has 0 aliphatic carbocycles. The first kappa shape index (κ1) is 21.1. The molecule has 26 heavy (non-hydrogen) atoms. The highest BCUT2D eigenvalue weighted by Gasteiger charge is 2.59. The van der Waals surface area contributed by atoms with Crippen molar-refractivity contribution in [2.24, 2.45) is 5.92 Å². The van der Waals surface area contributed by atoms with Gasteiger partial charge in [-0.15, -0.1) is 6.58 Å². The van der Waals surface area contributed by atoms with E-state index in [9.17, 15) is 0 Å². The average Bonchev–Trinajstić information content (AvgIpc) is 2.62. The van der Waals surface area contributed by atoms with Crippen molar-refractivity contribution in [2.45, 2.75) is 39.7 Å². The number of rotatable bonds is 8. The molecule has 0 radical (unpaired) electrons. The van der Waals surface area contributed by atoms with Crippen molar-refractivity contribution in [1.29, 1.82) is 0 Å². The van der Waals surface area contributed by atoms with Gasteiger partial charge in [0.1, 0.15) is 0 Å². The van der Waals surface area contributed by atoms with Gasteiger partial charge in [0.15, 0.2) is 0 Å². The van der Waals surface area contributed by atoms with Crippen LogP contribution in [0.25, 0.3) is 0 Å². The van der Waals surface area contributed by atoms with Crippen molar-refractivity contribution in [3.8, 4) is 0 Å². The van der Waals surface area contributed by atoms with Crippen molar-refractivity contribution in [2.75, 3.05) is 6.61 Å². The molecule has 0 amide bonds. The van der Waals surface area contributed by atoms with Gasteiger partial charge in [0.05, 0.1) is 7.11 Å². The molecule has 1 nitrogen and oxygen atoms in total. The molecule has 0 saturated heterocycles. The molecule has 0 spiro atoms. The van der Waals surface area contributed by atoms with Gasteiger partial charge in [-0.05, 0) is 16.3 Å². The number of hydrogen-bond donors (Lipinski definition) is 0. The molecular formula is C22H34OSi3.